The lowest BCUT2D eigenvalue weighted by Crippen LogP contribution is -2.82. The number of nitrogens with zero attached hydrogens (tertiary/aromatic N) is 4. The van der Waals surface area contributed by atoms with Crippen molar-refractivity contribution in [2.75, 3.05) is 11.9 Å². The third-order valence-corrected chi connectivity index (χ3v) is 5.45. The molecule has 1 aliphatic heterocycles. The molecule has 3 aromatic rings. The Kier molecular flexibility index (Phi) is 6.23. The van der Waals surface area contributed by atoms with Crippen LogP contribution in [0.15, 0.2) is 60.9 Å². The monoisotopic (exact) mass is 567 g/mol. The number of benzene rings is 2. The highest BCUT2D eigenvalue weighted by atomic mass is 127. The maximum absolute atomic E-state index is 12.8. The van der Waals surface area contributed by atoms with Crippen molar-refractivity contribution in [2.45, 2.75) is 12.4 Å². The molecule has 1 atom stereocenters. The van der Waals surface area contributed by atoms with Crippen LogP contribution in [0.4, 0.5) is 23.7 Å². The molecule has 1 unspecified atom stereocenters. The molecular weight excluding hydrogens is 552 g/mol. The second kappa shape index (κ2) is 9.10. The lowest BCUT2D eigenvalue weighted by Gasteiger charge is -2.12. The van der Waals surface area contributed by atoms with Crippen LogP contribution in [0.1, 0.15) is 17.2 Å². The third-order valence-electron chi connectivity index (χ3n) is 4.73. The molecule has 0 spiro atoms. The molecule has 8 nitrogen and oxygen atoms in total. The van der Waals surface area contributed by atoms with Crippen molar-refractivity contribution in [1.29, 1.82) is 5.26 Å². The number of anilines is 1. The fraction of sp³-hybridized carbons (Fsp3) is 0.143. The van der Waals surface area contributed by atoms with Gasteiger partial charge in [0.05, 0.1) is 11.8 Å². The fourth-order valence-corrected chi connectivity index (χ4v) is 3.62. The van der Waals surface area contributed by atoms with Crippen LogP contribution in [0.2, 0.25) is 0 Å². The number of nitriles is 1. The Balaban J connectivity index is 1.55. The van der Waals surface area contributed by atoms with Gasteiger partial charge in [0.25, 0.3) is 0 Å². The molecule has 2 N–H and O–H groups in total. The smallest absolute Gasteiger partial charge is 0.406 e. The summed E-state index contributed by atoms with van der Waals surface area (Å²) in [5.74, 6) is -0.388. The molecule has 12 heteroatoms. The van der Waals surface area contributed by atoms with E-state index in [4.69, 9.17) is 5.26 Å². The first kappa shape index (κ1) is 22.6. The fourth-order valence-electron chi connectivity index (χ4n) is 3.26. The molecule has 2 aromatic carbocycles. The number of alkyl halides is 3. The van der Waals surface area contributed by atoms with Gasteiger partial charge >= 0.3 is 12.4 Å². The number of ether oxygens (including phenoxy) is 1. The zero-order chi connectivity index (χ0) is 23.6. The van der Waals surface area contributed by atoms with Gasteiger partial charge in [-0.25, -0.2) is 4.79 Å². The molecule has 0 fully saturated rings. The molecule has 2 amide bonds. The SMILES string of the molecule is N#Cc1cnn(C2CN(C(=O)Nc3ccc(OC(F)(F)F)cc3)[NH+]=C2c2ccc(I)cc2)c1. The van der Waals surface area contributed by atoms with E-state index in [2.05, 4.69) is 42.8 Å². The minimum Gasteiger partial charge on any atom is -0.406 e. The van der Waals surface area contributed by atoms with Crippen LogP contribution < -0.4 is 15.2 Å². The van der Waals surface area contributed by atoms with Crippen LogP contribution in [-0.2, 0) is 0 Å². The van der Waals surface area contributed by atoms with E-state index >= 15 is 0 Å². The summed E-state index contributed by atoms with van der Waals surface area (Å²) in [5, 5.41) is 20.4. The molecule has 0 bridgehead atoms. The average Bonchev–Trinajstić information content (AvgIpc) is 3.42. The summed E-state index contributed by atoms with van der Waals surface area (Å²) in [6.07, 6.45) is -1.75. The Morgan fingerprint density at radius 3 is 2.52 bits per heavy atom. The number of carbonyl (C=O) groups is 1. The summed E-state index contributed by atoms with van der Waals surface area (Å²) in [7, 11) is 0. The summed E-state index contributed by atoms with van der Waals surface area (Å²) in [6.45, 7) is 0.203. The van der Waals surface area contributed by atoms with Gasteiger partial charge in [0.2, 0.25) is 5.71 Å². The highest BCUT2D eigenvalue weighted by Gasteiger charge is 2.39. The first-order valence-corrected chi connectivity index (χ1v) is 10.6. The Hall–Kier alpha value is -3.60. The number of aromatic nitrogens is 2. The Labute approximate surface area is 199 Å². The first-order valence-electron chi connectivity index (χ1n) is 9.50. The zero-order valence-corrected chi connectivity index (χ0v) is 18.8. The van der Waals surface area contributed by atoms with Crippen molar-refractivity contribution in [3.05, 3.63) is 75.6 Å². The lowest BCUT2D eigenvalue weighted by atomic mass is 10.0. The number of rotatable bonds is 4. The maximum atomic E-state index is 12.8. The molecule has 1 aliphatic rings. The highest BCUT2D eigenvalue weighted by Crippen LogP contribution is 2.24. The molecule has 168 valence electrons. The van der Waals surface area contributed by atoms with Gasteiger partial charge in [0, 0.05) is 21.0 Å². The second-order valence-electron chi connectivity index (χ2n) is 6.98. The van der Waals surface area contributed by atoms with Crippen LogP contribution in [-0.4, -0.2) is 39.4 Å². The Morgan fingerprint density at radius 1 is 1.21 bits per heavy atom. The van der Waals surface area contributed by atoms with Crippen molar-refractivity contribution in [3.8, 4) is 11.8 Å². The minimum absolute atomic E-state index is 0.203. The molecule has 0 saturated heterocycles. The van der Waals surface area contributed by atoms with Crippen molar-refractivity contribution in [1.82, 2.24) is 14.8 Å². The van der Waals surface area contributed by atoms with E-state index in [1.807, 2.05) is 30.3 Å². The predicted molar refractivity (Wildman–Crippen MR) is 119 cm³/mol. The number of halogens is 4. The van der Waals surface area contributed by atoms with E-state index in [9.17, 15) is 18.0 Å². The number of hydrogen-bond acceptors (Lipinski definition) is 4. The van der Waals surface area contributed by atoms with Gasteiger partial charge in [-0.2, -0.15) is 10.4 Å². The van der Waals surface area contributed by atoms with Crippen molar-refractivity contribution in [3.63, 3.8) is 0 Å². The van der Waals surface area contributed by atoms with Gasteiger partial charge in [-0.15, -0.1) is 18.3 Å². The Bertz CT molecular complexity index is 1230. The molecule has 0 saturated carbocycles. The van der Waals surface area contributed by atoms with Gasteiger partial charge in [0.15, 0.2) is 6.04 Å². The van der Waals surface area contributed by atoms with Crippen molar-refractivity contribution in [2.24, 2.45) is 0 Å². The van der Waals surface area contributed by atoms with Gasteiger partial charge in [-0.3, -0.25) is 4.68 Å². The first-order chi connectivity index (χ1) is 15.7. The molecule has 4 rings (SSSR count). The van der Waals surface area contributed by atoms with E-state index in [1.54, 1.807) is 10.9 Å². The quantitative estimate of drug-likeness (QED) is 0.475. The van der Waals surface area contributed by atoms with Crippen LogP contribution in [0.25, 0.3) is 0 Å². The average molecular weight is 567 g/mol. The van der Waals surface area contributed by atoms with E-state index in [0.717, 1.165) is 21.3 Å². The van der Waals surface area contributed by atoms with Crippen LogP contribution >= 0.6 is 22.6 Å². The molecule has 2 heterocycles. The van der Waals surface area contributed by atoms with Gasteiger partial charge in [-0.05, 0) is 71.1 Å². The molecular formula is C21H15F3IN6O2+. The van der Waals surface area contributed by atoms with Gasteiger partial charge in [0.1, 0.15) is 18.4 Å². The van der Waals surface area contributed by atoms with Gasteiger partial charge in [-0.1, -0.05) is 5.01 Å². The topological polar surface area (TPSA) is 97.2 Å². The third kappa shape index (κ3) is 5.43. The summed E-state index contributed by atoms with van der Waals surface area (Å²) in [6, 6.07) is 13.7. The normalized spacial score (nSPS) is 15.7. The number of hydrazine groups is 1. The summed E-state index contributed by atoms with van der Waals surface area (Å²) in [5.41, 5.74) is 2.24. The lowest BCUT2D eigenvalue weighted by molar-refractivity contribution is -0.608. The largest absolute Gasteiger partial charge is 0.573 e. The number of urea groups is 1. The number of amides is 2. The van der Waals surface area contributed by atoms with Crippen LogP contribution in [0.3, 0.4) is 0 Å². The van der Waals surface area contributed by atoms with Crippen LogP contribution in [0.5, 0.6) is 5.75 Å². The molecule has 0 aliphatic carbocycles. The van der Waals surface area contributed by atoms with E-state index in [0.29, 0.717) is 17.0 Å². The zero-order valence-electron chi connectivity index (χ0n) is 16.7. The highest BCUT2D eigenvalue weighted by molar-refractivity contribution is 14.1. The summed E-state index contributed by atoms with van der Waals surface area (Å²) >= 11 is 2.19. The second-order valence-corrected chi connectivity index (χ2v) is 8.23. The van der Waals surface area contributed by atoms with Crippen molar-refractivity contribution < 1.29 is 27.8 Å². The summed E-state index contributed by atoms with van der Waals surface area (Å²) < 4.78 is 43.5. The van der Waals surface area contributed by atoms with E-state index < -0.39 is 12.4 Å². The molecule has 33 heavy (non-hydrogen) atoms. The van der Waals surface area contributed by atoms with Crippen molar-refractivity contribution >= 4 is 40.0 Å². The summed E-state index contributed by atoms with van der Waals surface area (Å²) in [4.78, 5) is 12.8. The minimum atomic E-state index is -4.79. The van der Waals surface area contributed by atoms with Crippen LogP contribution in [0, 0.1) is 14.9 Å². The van der Waals surface area contributed by atoms with E-state index in [-0.39, 0.29) is 18.3 Å². The number of nitrogens with one attached hydrogen (secondary N) is 2. The number of carbonyl (C=O) groups excluding carboxylic acids is 1. The predicted octanol–water partition coefficient (Wildman–Crippen LogP) is 2.83. The standard InChI is InChI=1S/C21H14F3IN6O2/c22-21(23,24)33-17-7-5-16(6-8-17)28-20(32)31-12-18(30-11-13(9-26)10-27-30)19(29-31)14-1-3-15(25)4-2-14/h1-8,10-11,18H,12H2,(H,28,32)/p+1. The molecule has 1 aromatic heterocycles. The van der Waals surface area contributed by atoms with E-state index in [1.165, 1.54) is 23.3 Å². The van der Waals surface area contributed by atoms with Gasteiger partial charge < -0.3 is 10.1 Å². The Morgan fingerprint density at radius 2 is 1.91 bits per heavy atom. The molecule has 0 radical (unpaired) electrons. The number of hydrazone groups is 1. The maximum Gasteiger partial charge on any atom is 0.573 e. The number of hydrogen-bond donors (Lipinski definition) is 2.